The van der Waals surface area contributed by atoms with Crippen molar-refractivity contribution in [1.29, 1.82) is 0 Å². The van der Waals surface area contributed by atoms with E-state index in [9.17, 15) is 20.1 Å². The molecule has 0 aliphatic heterocycles. The van der Waals surface area contributed by atoms with Gasteiger partial charge in [0.25, 0.3) is 0 Å². The number of rotatable bonds is 28. The van der Waals surface area contributed by atoms with E-state index in [0.717, 1.165) is 38.5 Å². The standard InChI is InChI=1S/C33H63NO4/c1-3-5-7-9-11-13-14-15-16-17-18-20-21-23-25-27-31(36)33(38)30(29-35)34-32(37)28-26-24-22-19-12-10-8-6-4-2/h19-22,30-31,33,35-36,38H,3-18,23-29H2,1-2H3,(H,34,37)/b21-20+,22-19-. The molecular formula is C33H63NO4. The first-order valence-electron chi connectivity index (χ1n) is 16.1. The highest BCUT2D eigenvalue weighted by Crippen LogP contribution is 2.13. The maximum Gasteiger partial charge on any atom is 0.220 e. The molecule has 0 saturated carbocycles. The van der Waals surface area contributed by atoms with Crippen LogP contribution in [0.15, 0.2) is 24.3 Å². The lowest BCUT2D eigenvalue weighted by molar-refractivity contribution is -0.124. The highest BCUT2D eigenvalue weighted by Gasteiger charge is 2.26. The number of unbranched alkanes of at least 4 members (excludes halogenated alkanes) is 16. The van der Waals surface area contributed by atoms with Crippen molar-refractivity contribution in [2.24, 2.45) is 0 Å². The van der Waals surface area contributed by atoms with Gasteiger partial charge in [-0.05, 0) is 57.8 Å². The molecule has 38 heavy (non-hydrogen) atoms. The Hall–Kier alpha value is -1.17. The van der Waals surface area contributed by atoms with Crippen LogP contribution in [0.3, 0.4) is 0 Å². The number of aliphatic hydroxyl groups excluding tert-OH is 3. The highest BCUT2D eigenvalue weighted by atomic mass is 16.3. The van der Waals surface area contributed by atoms with Crippen molar-refractivity contribution in [1.82, 2.24) is 5.32 Å². The third-order valence-electron chi connectivity index (χ3n) is 7.28. The molecule has 0 fully saturated rings. The van der Waals surface area contributed by atoms with Gasteiger partial charge in [0.15, 0.2) is 0 Å². The molecule has 4 N–H and O–H groups in total. The second-order valence-corrected chi connectivity index (χ2v) is 11.0. The van der Waals surface area contributed by atoms with Gasteiger partial charge in [-0.25, -0.2) is 0 Å². The van der Waals surface area contributed by atoms with Gasteiger partial charge in [0.2, 0.25) is 5.91 Å². The van der Waals surface area contributed by atoms with Gasteiger partial charge in [-0.15, -0.1) is 0 Å². The summed E-state index contributed by atoms with van der Waals surface area (Å²) >= 11 is 0. The minimum atomic E-state index is -1.16. The molecule has 0 bridgehead atoms. The fourth-order valence-corrected chi connectivity index (χ4v) is 4.69. The number of aliphatic hydroxyl groups is 3. The van der Waals surface area contributed by atoms with Crippen LogP contribution in [0.2, 0.25) is 0 Å². The number of allylic oxidation sites excluding steroid dienone is 4. The number of amides is 1. The Morgan fingerprint density at radius 3 is 1.55 bits per heavy atom. The summed E-state index contributed by atoms with van der Waals surface area (Å²) in [6.07, 6.45) is 31.3. The van der Waals surface area contributed by atoms with Crippen LogP contribution in [-0.2, 0) is 4.79 Å². The Bertz CT molecular complexity index is 563. The predicted octanol–water partition coefficient (Wildman–Crippen LogP) is 7.92. The maximum absolute atomic E-state index is 12.2. The average molecular weight is 538 g/mol. The second-order valence-electron chi connectivity index (χ2n) is 11.0. The quantitative estimate of drug-likeness (QED) is 0.0603. The van der Waals surface area contributed by atoms with Crippen molar-refractivity contribution in [3.05, 3.63) is 24.3 Å². The lowest BCUT2D eigenvalue weighted by Gasteiger charge is -2.26. The normalized spacial score (nSPS) is 14.3. The summed E-state index contributed by atoms with van der Waals surface area (Å²) in [6.45, 7) is 4.08. The van der Waals surface area contributed by atoms with Crippen LogP contribution >= 0.6 is 0 Å². The molecule has 0 heterocycles. The van der Waals surface area contributed by atoms with Crippen LogP contribution < -0.4 is 5.32 Å². The van der Waals surface area contributed by atoms with Gasteiger partial charge in [-0.2, -0.15) is 0 Å². The molecule has 3 atom stereocenters. The summed E-state index contributed by atoms with van der Waals surface area (Å²) < 4.78 is 0. The van der Waals surface area contributed by atoms with E-state index in [1.165, 1.54) is 89.9 Å². The zero-order chi connectivity index (χ0) is 28.1. The Morgan fingerprint density at radius 2 is 1.05 bits per heavy atom. The summed E-state index contributed by atoms with van der Waals surface area (Å²) in [5.41, 5.74) is 0. The average Bonchev–Trinajstić information content (AvgIpc) is 2.92. The van der Waals surface area contributed by atoms with E-state index in [-0.39, 0.29) is 12.5 Å². The molecule has 0 aromatic rings. The summed E-state index contributed by atoms with van der Waals surface area (Å²) in [6, 6.07) is -0.835. The van der Waals surface area contributed by atoms with Gasteiger partial charge in [0, 0.05) is 6.42 Å². The maximum atomic E-state index is 12.2. The molecule has 3 unspecified atom stereocenters. The minimum Gasteiger partial charge on any atom is -0.394 e. The highest BCUT2D eigenvalue weighted by molar-refractivity contribution is 5.76. The molecule has 0 radical (unpaired) electrons. The number of hydrogen-bond acceptors (Lipinski definition) is 4. The fourth-order valence-electron chi connectivity index (χ4n) is 4.69. The van der Waals surface area contributed by atoms with Crippen molar-refractivity contribution >= 4 is 5.91 Å². The number of hydrogen-bond donors (Lipinski definition) is 4. The summed E-state index contributed by atoms with van der Waals surface area (Å²) in [5, 5.41) is 33.1. The fraction of sp³-hybridized carbons (Fsp3) is 0.848. The van der Waals surface area contributed by atoms with Crippen molar-refractivity contribution in [2.75, 3.05) is 6.61 Å². The topological polar surface area (TPSA) is 89.8 Å². The Labute approximate surface area is 235 Å². The molecule has 224 valence electrons. The molecule has 5 heteroatoms. The van der Waals surface area contributed by atoms with E-state index < -0.39 is 18.2 Å². The van der Waals surface area contributed by atoms with E-state index >= 15 is 0 Å². The van der Waals surface area contributed by atoms with Gasteiger partial charge in [0.1, 0.15) is 6.10 Å². The molecule has 0 saturated heterocycles. The first kappa shape index (κ1) is 36.8. The third-order valence-corrected chi connectivity index (χ3v) is 7.28. The van der Waals surface area contributed by atoms with E-state index in [0.29, 0.717) is 12.8 Å². The smallest absolute Gasteiger partial charge is 0.220 e. The van der Waals surface area contributed by atoms with Crippen molar-refractivity contribution in [2.45, 2.75) is 173 Å². The molecule has 0 aliphatic carbocycles. The van der Waals surface area contributed by atoms with E-state index in [2.05, 4.69) is 43.5 Å². The lowest BCUT2D eigenvalue weighted by atomic mass is 10.0. The molecule has 0 rings (SSSR count). The number of carbonyl (C=O) groups is 1. The summed E-state index contributed by atoms with van der Waals surface area (Å²) in [7, 11) is 0. The van der Waals surface area contributed by atoms with Crippen LogP contribution in [0.25, 0.3) is 0 Å². The summed E-state index contributed by atoms with van der Waals surface area (Å²) in [4.78, 5) is 12.2. The SMILES string of the molecule is CCCCCC/C=C\CCCC(=O)NC(CO)C(O)C(O)CCC/C=C/CCCCCCCCCCCC. The van der Waals surface area contributed by atoms with E-state index in [4.69, 9.17) is 0 Å². The Balaban J connectivity index is 3.82. The van der Waals surface area contributed by atoms with E-state index in [1.807, 2.05) is 0 Å². The van der Waals surface area contributed by atoms with Gasteiger partial charge in [-0.1, -0.05) is 115 Å². The lowest BCUT2D eigenvalue weighted by Crippen LogP contribution is -2.50. The first-order chi connectivity index (χ1) is 18.6. The van der Waals surface area contributed by atoms with Gasteiger partial charge in [-0.3, -0.25) is 4.79 Å². The van der Waals surface area contributed by atoms with Crippen LogP contribution in [0.4, 0.5) is 0 Å². The third kappa shape index (κ3) is 23.9. The number of carbonyl (C=O) groups excluding carboxylic acids is 1. The zero-order valence-corrected chi connectivity index (χ0v) is 25.1. The molecule has 0 aromatic heterocycles. The van der Waals surface area contributed by atoms with E-state index in [1.54, 1.807) is 0 Å². The molecule has 0 aliphatic rings. The molecule has 5 nitrogen and oxygen atoms in total. The van der Waals surface area contributed by atoms with Crippen molar-refractivity contribution < 1.29 is 20.1 Å². The van der Waals surface area contributed by atoms with Crippen LogP contribution in [0, 0.1) is 0 Å². The molecule has 0 spiro atoms. The molecule has 0 aromatic carbocycles. The first-order valence-corrected chi connectivity index (χ1v) is 16.1. The van der Waals surface area contributed by atoms with Gasteiger partial charge in [0.05, 0.1) is 18.8 Å². The van der Waals surface area contributed by atoms with Crippen molar-refractivity contribution in [3.8, 4) is 0 Å². The Kier molecular flexibility index (Phi) is 27.9. The van der Waals surface area contributed by atoms with Gasteiger partial charge < -0.3 is 20.6 Å². The molecule has 1 amide bonds. The minimum absolute atomic E-state index is 0.193. The Morgan fingerprint density at radius 1 is 0.632 bits per heavy atom. The predicted molar refractivity (Wildman–Crippen MR) is 162 cm³/mol. The second kappa shape index (κ2) is 28.8. The largest absolute Gasteiger partial charge is 0.394 e. The van der Waals surface area contributed by atoms with Gasteiger partial charge >= 0.3 is 0 Å². The number of nitrogens with one attached hydrogen (secondary N) is 1. The van der Waals surface area contributed by atoms with Crippen LogP contribution in [0.1, 0.15) is 155 Å². The van der Waals surface area contributed by atoms with Crippen molar-refractivity contribution in [3.63, 3.8) is 0 Å². The van der Waals surface area contributed by atoms with Crippen LogP contribution in [-0.4, -0.2) is 46.1 Å². The van der Waals surface area contributed by atoms with Crippen LogP contribution in [0.5, 0.6) is 0 Å². The monoisotopic (exact) mass is 537 g/mol. The zero-order valence-electron chi connectivity index (χ0n) is 25.1. The summed E-state index contributed by atoms with van der Waals surface area (Å²) in [5.74, 6) is -0.193. The molecular weight excluding hydrogens is 474 g/mol.